The number of aromatic amines is 1. The molecular weight excluding hydrogens is 437 g/mol. The molecule has 1 saturated heterocycles. The first-order valence-corrected chi connectivity index (χ1v) is 10.8. The molecule has 8 nitrogen and oxygen atoms in total. The zero-order valence-corrected chi connectivity index (χ0v) is 18.4. The third-order valence-electron chi connectivity index (χ3n) is 5.84. The van der Waals surface area contributed by atoms with Crippen molar-refractivity contribution < 1.29 is 18.7 Å². The van der Waals surface area contributed by atoms with Crippen molar-refractivity contribution in [1.29, 1.82) is 0 Å². The van der Waals surface area contributed by atoms with E-state index in [4.69, 9.17) is 15.5 Å². The van der Waals surface area contributed by atoms with E-state index in [1.165, 1.54) is 12.1 Å². The number of ether oxygens (including phenoxy) is 1. The Balaban J connectivity index is 1.42. The van der Waals surface area contributed by atoms with E-state index in [9.17, 15) is 14.0 Å². The topological polar surface area (TPSA) is 106 Å². The number of hydrogen-bond acceptors (Lipinski definition) is 4. The second kappa shape index (κ2) is 8.51. The Hall–Kier alpha value is -4.40. The summed E-state index contributed by atoms with van der Waals surface area (Å²) in [5, 5.41) is 3.08. The van der Waals surface area contributed by atoms with Gasteiger partial charge in [0.05, 0.1) is 0 Å². The van der Waals surface area contributed by atoms with Crippen LogP contribution in [0, 0.1) is 5.82 Å². The predicted molar refractivity (Wildman–Crippen MR) is 124 cm³/mol. The number of carbonyl (C=O) groups is 2. The molecular formula is C25H22FN5O3. The van der Waals surface area contributed by atoms with Gasteiger partial charge >= 0.3 is 0 Å². The lowest BCUT2D eigenvalue weighted by molar-refractivity contribution is -0.130. The highest BCUT2D eigenvalue weighted by Crippen LogP contribution is 2.34. The highest BCUT2D eigenvalue weighted by Gasteiger charge is 2.34. The Labute approximate surface area is 194 Å². The third-order valence-corrected chi connectivity index (χ3v) is 5.84. The van der Waals surface area contributed by atoms with Gasteiger partial charge in [0.15, 0.2) is 11.3 Å². The molecule has 0 aliphatic carbocycles. The molecule has 1 fully saturated rings. The smallest absolute Gasteiger partial charge is 0.269 e. The number of amides is 2. The number of nitrogens with zero attached hydrogens (tertiary/aromatic N) is 3. The number of carbonyl (C=O) groups excluding carboxylic acids is 2. The Morgan fingerprint density at radius 3 is 2.38 bits per heavy atom. The molecule has 5 rings (SSSR count). The molecule has 0 unspecified atom stereocenters. The van der Waals surface area contributed by atoms with E-state index < -0.39 is 5.91 Å². The molecule has 9 heteroatoms. The first kappa shape index (κ1) is 21.4. The van der Waals surface area contributed by atoms with Crippen molar-refractivity contribution >= 4 is 17.5 Å². The van der Waals surface area contributed by atoms with Crippen molar-refractivity contribution in [1.82, 2.24) is 19.5 Å². The van der Waals surface area contributed by atoms with Crippen LogP contribution in [0.3, 0.4) is 0 Å². The van der Waals surface area contributed by atoms with Crippen LogP contribution in [-0.4, -0.2) is 44.4 Å². The molecule has 3 N–H and O–H groups in total. The molecule has 2 aromatic heterocycles. The second-order valence-electron chi connectivity index (χ2n) is 8.08. The lowest BCUT2D eigenvalue weighted by Gasteiger charge is -2.38. The van der Waals surface area contributed by atoms with Crippen LogP contribution in [0.15, 0.2) is 66.9 Å². The summed E-state index contributed by atoms with van der Waals surface area (Å²) >= 11 is 0. The third kappa shape index (κ3) is 3.81. The molecule has 2 amide bonds. The van der Waals surface area contributed by atoms with Crippen LogP contribution in [0.1, 0.15) is 28.9 Å². The molecule has 0 bridgehead atoms. The number of primary amides is 1. The minimum absolute atomic E-state index is 0.0184. The van der Waals surface area contributed by atoms with Crippen LogP contribution in [0.4, 0.5) is 4.39 Å². The molecule has 2 aromatic carbocycles. The summed E-state index contributed by atoms with van der Waals surface area (Å²) in [4.78, 5) is 30.8. The highest BCUT2D eigenvalue weighted by atomic mass is 19.1. The van der Waals surface area contributed by atoms with E-state index in [1.807, 2.05) is 6.92 Å². The Morgan fingerprint density at radius 1 is 1.12 bits per heavy atom. The molecule has 0 spiro atoms. The monoisotopic (exact) mass is 459 g/mol. The molecule has 1 aliphatic heterocycles. The van der Waals surface area contributed by atoms with E-state index in [0.717, 1.165) is 5.56 Å². The molecule has 4 aromatic rings. The van der Waals surface area contributed by atoms with Crippen molar-refractivity contribution in [2.24, 2.45) is 5.73 Å². The second-order valence-corrected chi connectivity index (χ2v) is 8.08. The number of likely N-dealkylation sites (tertiary alicyclic amines) is 1. The lowest BCUT2D eigenvalue weighted by Crippen LogP contribution is -2.47. The molecule has 0 saturated carbocycles. The summed E-state index contributed by atoms with van der Waals surface area (Å²) in [5.41, 5.74) is 8.63. The normalized spacial score (nSPS) is 14.0. The van der Waals surface area contributed by atoms with Gasteiger partial charge in [0.2, 0.25) is 5.91 Å². The number of rotatable bonds is 6. The van der Waals surface area contributed by atoms with Gasteiger partial charge in [-0.15, -0.1) is 0 Å². The van der Waals surface area contributed by atoms with Crippen molar-refractivity contribution in [3.05, 3.63) is 84.0 Å². The van der Waals surface area contributed by atoms with Gasteiger partial charge in [-0.3, -0.25) is 14.7 Å². The first-order valence-electron chi connectivity index (χ1n) is 10.8. The number of H-pyrrole nitrogens is 1. The SMILES string of the molecule is C/C=C/C(=O)N1CC(c2c[nH]n3c(C(N)=O)c(-c4ccc(Oc5ccc(F)cc5)cc4)nc23)C1. The van der Waals surface area contributed by atoms with Crippen LogP contribution in [0.25, 0.3) is 16.9 Å². The van der Waals surface area contributed by atoms with Crippen molar-refractivity contribution in [3.8, 4) is 22.8 Å². The maximum absolute atomic E-state index is 13.1. The number of fused-ring (bicyclic) bond motifs is 1. The minimum atomic E-state index is -0.610. The van der Waals surface area contributed by atoms with Crippen molar-refractivity contribution in [2.75, 3.05) is 13.1 Å². The summed E-state index contributed by atoms with van der Waals surface area (Å²) < 4.78 is 20.4. The summed E-state index contributed by atoms with van der Waals surface area (Å²) in [6, 6.07) is 12.8. The summed E-state index contributed by atoms with van der Waals surface area (Å²) in [5.74, 6) is 0.216. The van der Waals surface area contributed by atoms with Gasteiger partial charge in [0, 0.05) is 36.3 Å². The van der Waals surface area contributed by atoms with E-state index in [2.05, 4.69) is 5.10 Å². The number of aromatic nitrogens is 3. The first-order chi connectivity index (χ1) is 16.4. The quantitative estimate of drug-likeness (QED) is 0.427. The fourth-order valence-corrected chi connectivity index (χ4v) is 4.09. The fraction of sp³-hybridized carbons (Fsp3) is 0.160. The number of hydrogen-bond donors (Lipinski definition) is 2. The zero-order chi connectivity index (χ0) is 23.8. The largest absolute Gasteiger partial charge is 0.457 e. The molecule has 0 atom stereocenters. The molecule has 3 heterocycles. The Bertz CT molecular complexity index is 1400. The van der Waals surface area contributed by atoms with Gasteiger partial charge in [-0.25, -0.2) is 13.9 Å². The average molecular weight is 459 g/mol. The van der Waals surface area contributed by atoms with E-state index >= 15 is 0 Å². The number of nitrogens with one attached hydrogen (secondary N) is 1. The number of nitrogens with two attached hydrogens (primary N) is 1. The van der Waals surface area contributed by atoms with Gasteiger partial charge in [-0.05, 0) is 61.5 Å². The number of benzene rings is 2. The fourth-order valence-electron chi connectivity index (χ4n) is 4.09. The van der Waals surface area contributed by atoms with Crippen LogP contribution >= 0.6 is 0 Å². The Kier molecular flexibility index (Phi) is 5.37. The highest BCUT2D eigenvalue weighted by molar-refractivity contribution is 5.98. The van der Waals surface area contributed by atoms with E-state index in [1.54, 1.807) is 64.2 Å². The van der Waals surface area contributed by atoms with Gasteiger partial charge in [-0.2, -0.15) is 0 Å². The minimum Gasteiger partial charge on any atom is -0.457 e. The number of halogens is 1. The van der Waals surface area contributed by atoms with Gasteiger partial charge in [0.25, 0.3) is 5.91 Å². The zero-order valence-electron chi connectivity index (χ0n) is 18.4. The van der Waals surface area contributed by atoms with Crippen LogP contribution in [0.2, 0.25) is 0 Å². The summed E-state index contributed by atoms with van der Waals surface area (Å²) in [6.45, 7) is 2.98. The standard InChI is InChI=1S/C25H22FN5O3/c1-2-3-21(32)30-13-16(14-30)20-12-28-31-23(24(27)33)22(29-25(20)31)15-4-8-18(9-5-15)34-19-10-6-17(26)7-11-19/h2-12,16,28H,13-14H2,1H3,(H2,27,33)/b3-2+. The van der Waals surface area contributed by atoms with Crippen LogP contribution in [-0.2, 0) is 4.79 Å². The average Bonchev–Trinajstić information content (AvgIpc) is 3.35. The van der Waals surface area contributed by atoms with Gasteiger partial charge in [0.1, 0.15) is 23.0 Å². The van der Waals surface area contributed by atoms with Crippen LogP contribution < -0.4 is 10.5 Å². The molecule has 34 heavy (non-hydrogen) atoms. The van der Waals surface area contributed by atoms with Crippen molar-refractivity contribution in [2.45, 2.75) is 12.8 Å². The van der Waals surface area contributed by atoms with E-state index in [-0.39, 0.29) is 23.3 Å². The number of imidazole rings is 1. The van der Waals surface area contributed by atoms with Gasteiger partial charge in [-0.1, -0.05) is 6.08 Å². The summed E-state index contributed by atoms with van der Waals surface area (Å²) in [7, 11) is 0. The van der Waals surface area contributed by atoms with Crippen molar-refractivity contribution in [3.63, 3.8) is 0 Å². The van der Waals surface area contributed by atoms with E-state index in [0.29, 0.717) is 41.5 Å². The molecule has 1 aliphatic rings. The maximum Gasteiger partial charge on any atom is 0.269 e. The molecule has 172 valence electrons. The molecule has 0 radical (unpaired) electrons. The number of allylic oxidation sites excluding steroid dienone is 1. The maximum atomic E-state index is 13.1. The summed E-state index contributed by atoms with van der Waals surface area (Å²) in [6.07, 6.45) is 5.08. The predicted octanol–water partition coefficient (Wildman–Crippen LogP) is 3.86. The van der Waals surface area contributed by atoms with Gasteiger partial charge < -0.3 is 15.4 Å². The lowest BCUT2D eigenvalue weighted by atomic mass is 9.93. The Morgan fingerprint density at radius 2 is 1.76 bits per heavy atom. The van der Waals surface area contributed by atoms with Crippen LogP contribution in [0.5, 0.6) is 11.5 Å².